The van der Waals surface area contributed by atoms with Crippen LogP contribution in [0, 0.1) is 0 Å². The van der Waals surface area contributed by atoms with Gasteiger partial charge in [-0.3, -0.25) is 0 Å². The van der Waals surface area contributed by atoms with Crippen molar-refractivity contribution in [3.8, 4) is 0 Å². The number of thiophene rings is 1. The van der Waals surface area contributed by atoms with E-state index in [9.17, 15) is 8.42 Å². The lowest BCUT2D eigenvalue weighted by Crippen LogP contribution is -2.32. The predicted octanol–water partition coefficient (Wildman–Crippen LogP) is 4.20. The lowest BCUT2D eigenvalue weighted by atomic mass is 10.3. The van der Waals surface area contributed by atoms with Crippen LogP contribution >= 0.6 is 38.9 Å². The third kappa shape index (κ3) is 3.22. The molecule has 2 heterocycles. The zero-order valence-electron chi connectivity index (χ0n) is 11.0. The minimum atomic E-state index is -3.60. The monoisotopic (exact) mass is 409 g/mol. The highest BCUT2D eigenvalue weighted by Crippen LogP contribution is 2.37. The van der Waals surface area contributed by atoms with E-state index in [1.807, 2.05) is 16.8 Å². The lowest BCUT2D eigenvalue weighted by Gasteiger charge is -2.20. The first-order valence-electron chi connectivity index (χ1n) is 6.39. The molecule has 0 aliphatic heterocycles. The molecule has 0 N–H and O–H groups in total. The maximum Gasteiger partial charge on any atom is 0.248 e. The van der Waals surface area contributed by atoms with Gasteiger partial charge in [0.05, 0.1) is 5.88 Å². The number of hydrogen-bond acceptors (Lipinski definition) is 4. The topological polar surface area (TPSA) is 50.5 Å². The molecule has 0 amide bonds. The van der Waals surface area contributed by atoms with Gasteiger partial charge >= 0.3 is 0 Å². The Bertz CT molecular complexity index is 723. The molecule has 21 heavy (non-hydrogen) atoms. The molecule has 0 radical (unpaired) electrons. The van der Waals surface area contributed by atoms with Gasteiger partial charge in [-0.05, 0) is 51.2 Å². The van der Waals surface area contributed by atoms with Gasteiger partial charge in [0.1, 0.15) is 10.7 Å². The average molecular weight is 411 g/mol. The minimum Gasteiger partial charge on any atom is -0.452 e. The van der Waals surface area contributed by atoms with Gasteiger partial charge in [-0.25, -0.2) is 8.42 Å². The maximum absolute atomic E-state index is 12.9. The Morgan fingerprint density at radius 1 is 1.48 bits per heavy atom. The van der Waals surface area contributed by atoms with Crippen LogP contribution in [-0.4, -0.2) is 18.8 Å². The Kier molecular flexibility index (Phi) is 4.47. The molecular weight excluding hydrogens is 398 g/mol. The van der Waals surface area contributed by atoms with Crippen LogP contribution in [0.2, 0.25) is 0 Å². The average Bonchev–Trinajstić information content (AvgIpc) is 2.99. The van der Waals surface area contributed by atoms with Crippen LogP contribution in [0.4, 0.5) is 0 Å². The van der Waals surface area contributed by atoms with E-state index in [-0.39, 0.29) is 21.5 Å². The lowest BCUT2D eigenvalue weighted by molar-refractivity contribution is 0.397. The Hall–Kier alpha value is -0.340. The van der Waals surface area contributed by atoms with Crippen LogP contribution in [0.15, 0.2) is 36.9 Å². The highest BCUT2D eigenvalue weighted by molar-refractivity contribution is 9.10. The standard InChI is InChI=1S/C13H13BrClNO3S2/c14-13-12(5-11(6-15)19-13)21(17,18)16(10-1-2-10)7-9-3-4-20-8-9/h3-5,8,10H,1-2,6-7H2. The molecule has 2 aromatic heterocycles. The quantitative estimate of drug-likeness (QED) is 0.671. The van der Waals surface area contributed by atoms with Crippen LogP contribution in [0.3, 0.4) is 0 Å². The Labute approximate surface area is 140 Å². The number of sulfonamides is 1. The van der Waals surface area contributed by atoms with E-state index < -0.39 is 10.0 Å². The fourth-order valence-corrected chi connectivity index (χ4v) is 5.53. The summed E-state index contributed by atoms with van der Waals surface area (Å²) in [5.41, 5.74) is 1.01. The summed E-state index contributed by atoms with van der Waals surface area (Å²) in [7, 11) is -3.60. The van der Waals surface area contributed by atoms with Crippen molar-refractivity contribution in [3.63, 3.8) is 0 Å². The third-order valence-electron chi connectivity index (χ3n) is 3.30. The van der Waals surface area contributed by atoms with Crippen LogP contribution in [0.5, 0.6) is 0 Å². The van der Waals surface area contributed by atoms with Crippen LogP contribution in [-0.2, 0) is 22.4 Å². The molecule has 0 spiro atoms. The number of halogens is 2. The maximum atomic E-state index is 12.9. The van der Waals surface area contributed by atoms with Crippen molar-refractivity contribution in [2.24, 2.45) is 0 Å². The zero-order chi connectivity index (χ0) is 15.0. The highest BCUT2D eigenvalue weighted by Gasteiger charge is 2.40. The molecule has 1 saturated carbocycles. The second-order valence-electron chi connectivity index (χ2n) is 4.90. The summed E-state index contributed by atoms with van der Waals surface area (Å²) in [5, 5.41) is 3.92. The summed E-state index contributed by atoms with van der Waals surface area (Å²) in [5.74, 6) is 0.579. The van der Waals surface area contributed by atoms with Crippen molar-refractivity contribution in [2.45, 2.75) is 36.2 Å². The van der Waals surface area contributed by atoms with Crippen molar-refractivity contribution in [1.29, 1.82) is 0 Å². The van der Waals surface area contributed by atoms with Gasteiger partial charge in [0.2, 0.25) is 10.0 Å². The summed E-state index contributed by atoms with van der Waals surface area (Å²) in [6.45, 7) is 0.393. The highest BCUT2D eigenvalue weighted by atomic mass is 79.9. The first-order chi connectivity index (χ1) is 10.0. The number of alkyl halides is 1. The normalized spacial score (nSPS) is 15.8. The molecular formula is C13H13BrClNO3S2. The van der Waals surface area contributed by atoms with Crippen LogP contribution < -0.4 is 0 Å². The molecule has 114 valence electrons. The summed E-state index contributed by atoms with van der Waals surface area (Å²) < 4.78 is 32.9. The fourth-order valence-electron chi connectivity index (χ4n) is 2.10. The van der Waals surface area contributed by atoms with Gasteiger partial charge in [0.15, 0.2) is 4.67 Å². The van der Waals surface area contributed by atoms with E-state index in [0.717, 1.165) is 18.4 Å². The zero-order valence-corrected chi connectivity index (χ0v) is 14.9. The summed E-state index contributed by atoms with van der Waals surface area (Å²) in [6, 6.07) is 3.52. The van der Waals surface area contributed by atoms with Gasteiger partial charge in [0, 0.05) is 18.7 Å². The van der Waals surface area contributed by atoms with Crippen molar-refractivity contribution in [1.82, 2.24) is 4.31 Å². The Balaban J connectivity index is 1.95. The van der Waals surface area contributed by atoms with E-state index in [1.54, 1.807) is 15.6 Å². The van der Waals surface area contributed by atoms with Crippen molar-refractivity contribution in [2.75, 3.05) is 0 Å². The molecule has 0 atom stereocenters. The third-order valence-corrected chi connectivity index (χ3v) is 7.05. The number of nitrogens with zero attached hydrogens (tertiary/aromatic N) is 1. The van der Waals surface area contributed by atoms with Crippen molar-refractivity contribution in [3.05, 3.63) is 38.9 Å². The van der Waals surface area contributed by atoms with Crippen LogP contribution in [0.25, 0.3) is 0 Å². The molecule has 0 unspecified atom stereocenters. The summed E-state index contributed by atoms with van der Waals surface area (Å²) in [6.07, 6.45) is 1.81. The van der Waals surface area contributed by atoms with Crippen molar-refractivity contribution >= 4 is 48.9 Å². The summed E-state index contributed by atoms with van der Waals surface area (Å²) in [4.78, 5) is 0.153. The molecule has 1 aliphatic rings. The van der Waals surface area contributed by atoms with E-state index in [0.29, 0.717) is 12.3 Å². The SMILES string of the molecule is O=S(=O)(c1cc(CCl)oc1Br)N(Cc1ccsc1)C1CC1. The van der Waals surface area contributed by atoms with Gasteiger partial charge in [-0.15, -0.1) is 11.6 Å². The molecule has 8 heteroatoms. The van der Waals surface area contributed by atoms with Gasteiger partial charge in [-0.1, -0.05) is 0 Å². The summed E-state index contributed by atoms with van der Waals surface area (Å²) >= 11 is 10.5. The predicted molar refractivity (Wildman–Crippen MR) is 86.0 cm³/mol. The smallest absolute Gasteiger partial charge is 0.248 e. The molecule has 4 nitrogen and oxygen atoms in total. The van der Waals surface area contributed by atoms with E-state index in [4.69, 9.17) is 16.0 Å². The fraction of sp³-hybridized carbons (Fsp3) is 0.385. The number of furan rings is 1. The minimum absolute atomic E-state index is 0.0798. The number of rotatable bonds is 6. The molecule has 1 aliphatic carbocycles. The molecule has 3 rings (SSSR count). The first-order valence-corrected chi connectivity index (χ1v) is 10.1. The largest absolute Gasteiger partial charge is 0.452 e. The van der Waals surface area contributed by atoms with Gasteiger partial charge in [-0.2, -0.15) is 15.6 Å². The second kappa shape index (κ2) is 6.04. The van der Waals surface area contributed by atoms with Crippen LogP contribution in [0.1, 0.15) is 24.2 Å². The van der Waals surface area contributed by atoms with E-state index in [1.165, 1.54) is 6.07 Å². The number of hydrogen-bond donors (Lipinski definition) is 0. The molecule has 0 saturated heterocycles. The van der Waals surface area contributed by atoms with E-state index >= 15 is 0 Å². The molecule has 0 bridgehead atoms. The van der Waals surface area contributed by atoms with Crippen molar-refractivity contribution < 1.29 is 12.8 Å². The first kappa shape index (κ1) is 15.6. The van der Waals surface area contributed by atoms with Gasteiger partial charge in [0.25, 0.3) is 0 Å². The van der Waals surface area contributed by atoms with Gasteiger partial charge < -0.3 is 4.42 Å². The second-order valence-corrected chi connectivity index (χ2v) is 8.52. The molecule has 1 fully saturated rings. The molecule has 0 aromatic carbocycles. The Morgan fingerprint density at radius 3 is 2.76 bits per heavy atom. The Morgan fingerprint density at radius 2 is 2.24 bits per heavy atom. The molecule has 2 aromatic rings. The van der Waals surface area contributed by atoms with E-state index in [2.05, 4.69) is 15.9 Å².